The van der Waals surface area contributed by atoms with Crippen LogP contribution in [-0.2, 0) is 0 Å². The number of furan rings is 1. The van der Waals surface area contributed by atoms with Crippen molar-refractivity contribution < 1.29 is 13.9 Å². The summed E-state index contributed by atoms with van der Waals surface area (Å²) in [6, 6.07) is 8.66. The Bertz CT molecular complexity index is 517. The van der Waals surface area contributed by atoms with Crippen LogP contribution in [0.4, 0.5) is 0 Å². The molecule has 0 spiro atoms. The molecular formula is C13H11BrO3. The molecule has 0 N–H and O–H groups in total. The average Bonchev–Trinajstić information content (AvgIpc) is 2.84. The summed E-state index contributed by atoms with van der Waals surface area (Å²) in [6.07, 6.45) is 1.48. The molecule has 2 aromatic rings. The lowest BCUT2D eigenvalue weighted by Gasteiger charge is -2.08. The lowest BCUT2D eigenvalue weighted by Crippen LogP contribution is -2.04. The van der Waals surface area contributed by atoms with Crippen molar-refractivity contribution in [3.8, 4) is 5.75 Å². The van der Waals surface area contributed by atoms with Gasteiger partial charge in [-0.3, -0.25) is 4.79 Å². The summed E-state index contributed by atoms with van der Waals surface area (Å²) in [4.78, 5) is 12.2. The van der Waals surface area contributed by atoms with Crippen LogP contribution in [0.3, 0.4) is 0 Å². The first-order valence-corrected chi connectivity index (χ1v) is 6.02. The number of halogens is 1. The lowest BCUT2D eigenvalue weighted by molar-refractivity contribution is 0.101. The summed E-state index contributed by atoms with van der Waals surface area (Å²) >= 11 is 3.34. The molecule has 0 saturated heterocycles. The Morgan fingerprint density at radius 2 is 2.24 bits per heavy atom. The number of carbonyl (C=O) groups excluding carboxylic acids is 1. The van der Waals surface area contributed by atoms with Crippen LogP contribution in [0.1, 0.15) is 23.0 Å². The van der Waals surface area contributed by atoms with Gasteiger partial charge in [0.15, 0.2) is 5.76 Å². The van der Waals surface area contributed by atoms with E-state index in [1.807, 2.05) is 13.0 Å². The predicted octanol–water partition coefficient (Wildman–Crippen LogP) is 3.67. The fourth-order valence-electron chi connectivity index (χ4n) is 1.50. The van der Waals surface area contributed by atoms with Crippen LogP contribution in [0.2, 0.25) is 0 Å². The average molecular weight is 295 g/mol. The molecule has 0 fully saturated rings. The SMILES string of the molecule is CCOc1ccc(Br)cc1C(=O)c1ccco1. The third kappa shape index (κ3) is 2.58. The van der Waals surface area contributed by atoms with Crippen LogP contribution < -0.4 is 4.74 Å². The maximum absolute atomic E-state index is 12.2. The first-order chi connectivity index (χ1) is 8.22. The molecule has 1 aromatic heterocycles. The van der Waals surface area contributed by atoms with E-state index in [2.05, 4.69) is 15.9 Å². The lowest BCUT2D eigenvalue weighted by atomic mass is 10.1. The molecule has 0 bridgehead atoms. The zero-order valence-electron chi connectivity index (χ0n) is 9.27. The van der Waals surface area contributed by atoms with E-state index in [0.29, 0.717) is 23.7 Å². The Morgan fingerprint density at radius 3 is 2.88 bits per heavy atom. The molecule has 17 heavy (non-hydrogen) atoms. The summed E-state index contributed by atoms with van der Waals surface area (Å²) in [5.41, 5.74) is 0.496. The minimum atomic E-state index is -0.181. The van der Waals surface area contributed by atoms with Gasteiger partial charge in [0.1, 0.15) is 5.75 Å². The largest absolute Gasteiger partial charge is 0.493 e. The Hall–Kier alpha value is -1.55. The molecule has 1 aromatic carbocycles. The van der Waals surface area contributed by atoms with Crippen LogP contribution in [0.15, 0.2) is 45.5 Å². The van der Waals surface area contributed by atoms with Crippen molar-refractivity contribution in [2.45, 2.75) is 6.92 Å². The standard InChI is InChI=1S/C13H11BrO3/c1-2-16-11-6-5-9(14)8-10(11)13(15)12-4-3-7-17-12/h3-8H,2H2,1H3. The minimum Gasteiger partial charge on any atom is -0.493 e. The Kier molecular flexibility index (Phi) is 3.64. The number of ketones is 1. The number of carbonyl (C=O) groups is 1. The van der Waals surface area contributed by atoms with Gasteiger partial charge in [-0.05, 0) is 37.3 Å². The summed E-state index contributed by atoms with van der Waals surface area (Å²) < 4.78 is 11.4. The van der Waals surface area contributed by atoms with E-state index < -0.39 is 0 Å². The molecule has 0 saturated carbocycles. The summed E-state index contributed by atoms with van der Waals surface area (Å²) in [6.45, 7) is 2.39. The zero-order chi connectivity index (χ0) is 12.3. The first-order valence-electron chi connectivity index (χ1n) is 5.23. The number of hydrogen-bond acceptors (Lipinski definition) is 3. The fourth-order valence-corrected chi connectivity index (χ4v) is 1.86. The Balaban J connectivity index is 2.42. The van der Waals surface area contributed by atoms with E-state index in [9.17, 15) is 4.79 Å². The van der Waals surface area contributed by atoms with Crippen molar-refractivity contribution in [3.05, 3.63) is 52.4 Å². The quantitative estimate of drug-likeness (QED) is 0.808. The molecule has 0 amide bonds. The van der Waals surface area contributed by atoms with Crippen LogP contribution in [-0.4, -0.2) is 12.4 Å². The minimum absolute atomic E-state index is 0.181. The highest BCUT2D eigenvalue weighted by atomic mass is 79.9. The molecule has 88 valence electrons. The van der Waals surface area contributed by atoms with Gasteiger partial charge in [0.05, 0.1) is 18.4 Å². The molecule has 0 atom stereocenters. The third-order valence-electron chi connectivity index (χ3n) is 2.23. The van der Waals surface area contributed by atoms with Crippen LogP contribution in [0.5, 0.6) is 5.75 Å². The summed E-state index contributed by atoms with van der Waals surface area (Å²) in [5.74, 6) is 0.695. The monoisotopic (exact) mass is 294 g/mol. The highest BCUT2D eigenvalue weighted by Crippen LogP contribution is 2.25. The summed E-state index contributed by atoms with van der Waals surface area (Å²) in [5, 5.41) is 0. The molecule has 0 aliphatic heterocycles. The highest BCUT2D eigenvalue weighted by molar-refractivity contribution is 9.10. The highest BCUT2D eigenvalue weighted by Gasteiger charge is 2.17. The van der Waals surface area contributed by atoms with Crippen molar-refractivity contribution in [1.29, 1.82) is 0 Å². The molecule has 0 unspecified atom stereocenters. The van der Waals surface area contributed by atoms with Crippen molar-refractivity contribution in [2.75, 3.05) is 6.61 Å². The second-order valence-electron chi connectivity index (χ2n) is 3.38. The second kappa shape index (κ2) is 5.19. The molecule has 0 radical (unpaired) electrons. The third-order valence-corrected chi connectivity index (χ3v) is 2.72. The topological polar surface area (TPSA) is 39.4 Å². The smallest absolute Gasteiger partial charge is 0.231 e. The van der Waals surface area contributed by atoms with Gasteiger partial charge in [0, 0.05) is 4.47 Å². The molecular weight excluding hydrogens is 284 g/mol. The normalized spacial score (nSPS) is 10.2. The van der Waals surface area contributed by atoms with E-state index in [-0.39, 0.29) is 5.78 Å². The van der Waals surface area contributed by atoms with Crippen molar-refractivity contribution in [1.82, 2.24) is 0 Å². The molecule has 0 aliphatic rings. The molecule has 3 nitrogen and oxygen atoms in total. The second-order valence-corrected chi connectivity index (χ2v) is 4.30. The van der Waals surface area contributed by atoms with E-state index in [4.69, 9.17) is 9.15 Å². The maximum atomic E-state index is 12.2. The van der Waals surface area contributed by atoms with Crippen molar-refractivity contribution in [3.63, 3.8) is 0 Å². The number of rotatable bonds is 4. The van der Waals surface area contributed by atoms with Crippen molar-refractivity contribution in [2.24, 2.45) is 0 Å². The van der Waals surface area contributed by atoms with E-state index in [0.717, 1.165) is 4.47 Å². The predicted molar refractivity (Wildman–Crippen MR) is 67.5 cm³/mol. The first kappa shape index (κ1) is 11.9. The van der Waals surface area contributed by atoms with Crippen LogP contribution in [0, 0.1) is 0 Å². The van der Waals surface area contributed by atoms with Gasteiger partial charge in [0.25, 0.3) is 0 Å². The van der Waals surface area contributed by atoms with E-state index in [1.165, 1.54) is 6.26 Å². The number of hydrogen-bond donors (Lipinski definition) is 0. The zero-order valence-corrected chi connectivity index (χ0v) is 10.9. The van der Waals surface area contributed by atoms with E-state index >= 15 is 0 Å². The molecule has 1 heterocycles. The fraction of sp³-hybridized carbons (Fsp3) is 0.154. The maximum Gasteiger partial charge on any atom is 0.231 e. The Labute approximate surface area is 108 Å². The van der Waals surface area contributed by atoms with Gasteiger partial charge in [0.2, 0.25) is 5.78 Å². The van der Waals surface area contributed by atoms with Crippen LogP contribution >= 0.6 is 15.9 Å². The van der Waals surface area contributed by atoms with Gasteiger partial charge in [-0.25, -0.2) is 0 Å². The summed E-state index contributed by atoms with van der Waals surface area (Å²) in [7, 11) is 0. The van der Waals surface area contributed by atoms with Gasteiger partial charge in [-0.1, -0.05) is 15.9 Å². The Morgan fingerprint density at radius 1 is 1.41 bits per heavy atom. The van der Waals surface area contributed by atoms with E-state index in [1.54, 1.807) is 24.3 Å². The molecule has 0 aliphatic carbocycles. The van der Waals surface area contributed by atoms with Gasteiger partial charge >= 0.3 is 0 Å². The molecule has 2 rings (SSSR count). The van der Waals surface area contributed by atoms with Crippen molar-refractivity contribution >= 4 is 21.7 Å². The van der Waals surface area contributed by atoms with Gasteiger partial charge < -0.3 is 9.15 Å². The van der Waals surface area contributed by atoms with Gasteiger partial charge in [-0.2, -0.15) is 0 Å². The molecule has 4 heteroatoms. The van der Waals surface area contributed by atoms with Gasteiger partial charge in [-0.15, -0.1) is 0 Å². The number of ether oxygens (including phenoxy) is 1. The number of benzene rings is 1. The van der Waals surface area contributed by atoms with Crippen LogP contribution in [0.25, 0.3) is 0 Å².